The summed E-state index contributed by atoms with van der Waals surface area (Å²) in [6.45, 7) is 13.0. The van der Waals surface area contributed by atoms with Gasteiger partial charge in [0.15, 0.2) is 16.6 Å². The van der Waals surface area contributed by atoms with Crippen molar-refractivity contribution in [1.82, 2.24) is 29.9 Å². The van der Waals surface area contributed by atoms with E-state index in [9.17, 15) is 32.7 Å². The molecule has 19 heteroatoms. The number of aromatic nitrogens is 3. The SMILES string of the molecule is C=CC1CC1(NC(=O)[C@@H]1C[C@@H](Oc2nc(-c3ccc(OC(C)C)cc3)nc3c2oc2ccccc23)CN1C(=O)[C@@H](Nc1nc(C(=O)O)cs1)C(C)(C)C)C(=O)NS(=O)(=O)C1CC1. The van der Waals surface area contributed by atoms with Gasteiger partial charge in [-0.1, -0.05) is 39.0 Å². The molecule has 3 aromatic heterocycles. The molecule has 8 rings (SSSR count). The number of fused-ring (bicyclic) bond motifs is 3. The summed E-state index contributed by atoms with van der Waals surface area (Å²) in [6, 6.07) is 12.4. The van der Waals surface area contributed by atoms with Crippen molar-refractivity contribution in [3.63, 3.8) is 0 Å². The Bertz CT molecular complexity index is 2710. The number of nitrogens with zero attached hydrogens (tertiary/aromatic N) is 4. The molecule has 4 heterocycles. The zero-order chi connectivity index (χ0) is 44.3. The lowest BCUT2D eigenvalue weighted by atomic mass is 9.85. The number of benzene rings is 2. The van der Waals surface area contributed by atoms with Gasteiger partial charge in [0, 0.05) is 28.7 Å². The summed E-state index contributed by atoms with van der Waals surface area (Å²) < 4.78 is 46.6. The van der Waals surface area contributed by atoms with Crippen molar-refractivity contribution >= 4 is 72.3 Å². The van der Waals surface area contributed by atoms with Crippen molar-refractivity contribution in [3.05, 3.63) is 72.3 Å². The zero-order valence-corrected chi connectivity index (χ0v) is 36.3. The Balaban J connectivity index is 1.14. The van der Waals surface area contributed by atoms with Crippen LogP contribution in [-0.4, -0.2) is 98.7 Å². The van der Waals surface area contributed by atoms with Crippen LogP contribution in [0.1, 0.15) is 70.8 Å². The molecule has 0 spiro atoms. The van der Waals surface area contributed by atoms with E-state index in [1.54, 1.807) is 6.07 Å². The van der Waals surface area contributed by atoms with Gasteiger partial charge in [0.2, 0.25) is 27.4 Å². The van der Waals surface area contributed by atoms with Crippen LogP contribution >= 0.6 is 11.3 Å². The van der Waals surface area contributed by atoms with Crippen LogP contribution < -0.4 is 24.8 Å². The largest absolute Gasteiger partial charge is 0.491 e. The number of carbonyl (C=O) groups is 4. The van der Waals surface area contributed by atoms with Crippen molar-refractivity contribution < 1.29 is 46.6 Å². The first-order valence-corrected chi connectivity index (χ1v) is 22.7. The average Bonchev–Trinajstić information content (AvgIpc) is 4.05. The van der Waals surface area contributed by atoms with Crippen LogP contribution in [0.3, 0.4) is 0 Å². The molecule has 5 aromatic rings. The lowest BCUT2D eigenvalue weighted by Crippen LogP contribution is -2.58. The fraction of sp³-hybridized carbons (Fsp3) is 0.419. The van der Waals surface area contributed by atoms with Crippen molar-refractivity contribution in [3.8, 4) is 23.0 Å². The van der Waals surface area contributed by atoms with Gasteiger partial charge in [-0.15, -0.1) is 17.9 Å². The lowest BCUT2D eigenvalue weighted by Gasteiger charge is -2.35. The van der Waals surface area contributed by atoms with Gasteiger partial charge in [0.1, 0.15) is 40.6 Å². The summed E-state index contributed by atoms with van der Waals surface area (Å²) >= 11 is 1.02. The molecule has 0 radical (unpaired) electrons. The Morgan fingerprint density at radius 2 is 1.79 bits per heavy atom. The van der Waals surface area contributed by atoms with Crippen LogP contribution in [0, 0.1) is 11.3 Å². The van der Waals surface area contributed by atoms with Crippen LogP contribution in [0.25, 0.3) is 33.5 Å². The van der Waals surface area contributed by atoms with E-state index in [0.717, 1.165) is 16.7 Å². The number of aromatic carboxylic acids is 1. The molecule has 326 valence electrons. The molecule has 1 saturated heterocycles. The number of anilines is 1. The van der Waals surface area contributed by atoms with Gasteiger partial charge < -0.3 is 34.5 Å². The highest BCUT2D eigenvalue weighted by Gasteiger charge is 2.62. The monoisotopic (exact) mass is 885 g/mol. The molecule has 2 unspecified atom stereocenters. The molecule has 0 bridgehead atoms. The number of carboxylic acid groups (broad SMARTS) is 1. The van der Waals surface area contributed by atoms with Gasteiger partial charge in [0.05, 0.1) is 17.9 Å². The molecule has 2 aliphatic carbocycles. The van der Waals surface area contributed by atoms with Gasteiger partial charge in [-0.3, -0.25) is 19.1 Å². The third-order valence-electron chi connectivity index (χ3n) is 11.2. The molecule has 5 atom stereocenters. The average molecular weight is 886 g/mol. The standard InChI is InChI=1S/C43H47N7O10S2/c1-7-24-19-43(24,40(55)49-62(56,57)27-16-17-27)48-36(51)30-18-26(20-50(30)38(52)34(42(4,5)6)46-41-44-29(21-61-41)39(53)54)59-37-33-32(28-10-8-9-11-31(28)60-33)45-35(47-37)23-12-14-25(15-13-23)58-22(2)3/h7-15,21-22,24,26-27,30,34H,1,16-20H2,2-6H3,(H,44,46)(H,48,51)(H,49,55)(H,53,54)/t24?,26-,30+,34-,43?/m1/s1. The van der Waals surface area contributed by atoms with E-state index in [2.05, 4.69) is 26.9 Å². The quantitative estimate of drug-likeness (QED) is 0.0948. The molecule has 17 nitrogen and oxygen atoms in total. The van der Waals surface area contributed by atoms with Crippen LogP contribution in [0.4, 0.5) is 5.13 Å². The third kappa shape index (κ3) is 8.42. The number of likely N-dealkylation sites (tertiary alicyclic amines) is 1. The Kier molecular flexibility index (Phi) is 11.0. The number of thiazole rings is 1. The van der Waals surface area contributed by atoms with Gasteiger partial charge in [0.25, 0.3) is 11.8 Å². The second-order valence-corrected chi connectivity index (χ2v) is 20.1. The maximum Gasteiger partial charge on any atom is 0.355 e. The number of furan rings is 1. The molecule has 3 aliphatic rings. The highest BCUT2D eigenvalue weighted by molar-refractivity contribution is 7.91. The van der Waals surface area contributed by atoms with Gasteiger partial charge in [-0.05, 0) is 74.9 Å². The van der Waals surface area contributed by atoms with E-state index in [-0.39, 0.29) is 47.8 Å². The molecule has 4 N–H and O–H groups in total. The number of para-hydroxylation sites is 1. The van der Waals surface area contributed by atoms with Crippen molar-refractivity contribution in [2.75, 3.05) is 11.9 Å². The number of hydrogen-bond acceptors (Lipinski definition) is 14. The summed E-state index contributed by atoms with van der Waals surface area (Å²) in [5.74, 6) is -2.82. The smallest absolute Gasteiger partial charge is 0.355 e. The Hall–Kier alpha value is -6.08. The number of hydrogen-bond donors (Lipinski definition) is 4. The molecule has 3 amide bonds. The van der Waals surface area contributed by atoms with Gasteiger partial charge >= 0.3 is 5.97 Å². The van der Waals surface area contributed by atoms with E-state index in [1.165, 1.54) is 16.4 Å². The maximum atomic E-state index is 14.9. The van der Waals surface area contributed by atoms with E-state index in [1.807, 2.05) is 77.1 Å². The molecule has 3 fully saturated rings. The van der Waals surface area contributed by atoms with E-state index >= 15 is 0 Å². The van der Waals surface area contributed by atoms with E-state index in [0.29, 0.717) is 41.1 Å². The Morgan fingerprint density at radius 1 is 1.06 bits per heavy atom. The Morgan fingerprint density at radius 3 is 2.42 bits per heavy atom. The highest BCUT2D eigenvalue weighted by atomic mass is 32.2. The number of ether oxygens (including phenoxy) is 2. The minimum absolute atomic E-state index is 0.0278. The fourth-order valence-electron chi connectivity index (χ4n) is 7.66. The van der Waals surface area contributed by atoms with Crippen molar-refractivity contribution in [2.45, 2.75) is 95.4 Å². The number of sulfonamides is 1. The summed E-state index contributed by atoms with van der Waals surface area (Å²) in [5.41, 5.74) is -0.650. The zero-order valence-electron chi connectivity index (χ0n) is 34.7. The lowest BCUT2D eigenvalue weighted by molar-refractivity contribution is -0.141. The molecule has 62 heavy (non-hydrogen) atoms. The predicted octanol–water partition coefficient (Wildman–Crippen LogP) is 5.53. The van der Waals surface area contributed by atoms with Crippen molar-refractivity contribution in [2.24, 2.45) is 11.3 Å². The molecule has 2 aromatic carbocycles. The Labute approximate surface area is 361 Å². The van der Waals surface area contributed by atoms with E-state index < -0.39 is 74.0 Å². The van der Waals surface area contributed by atoms with Gasteiger partial charge in [-0.25, -0.2) is 23.2 Å². The molecular formula is C43H47N7O10S2. The number of rotatable bonds is 15. The second-order valence-electron chi connectivity index (χ2n) is 17.3. The fourth-order valence-corrected chi connectivity index (χ4v) is 9.74. The number of carbonyl (C=O) groups excluding carboxylic acids is 3. The van der Waals surface area contributed by atoms with Crippen LogP contribution in [0.15, 0.2) is 71.0 Å². The van der Waals surface area contributed by atoms with Crippen LogP contribution in [0.2, 0.25) is 0 Å². The number of nitrogens with one attached hydrogen (secondary N) is 3. The highest BCUT2D eigenvalue weighted by Crippen LogP contribution is 2.46. The van der Waals surface area contributed by atoms with Crippen molar-refractivity contribution in [1.29, 1.82) is 0 Å². The normalized spacial score (nSPS) is 21.7. The predicted molar refractivity (Wildman–Crippen MR) is 230 cm³/mol. The first-order valence-electron chi connectivity index (χ1n) is 20.3. The molecule has 1 aliphatic heterocycles. The minimum atomic E-state index is -3.95. The molecular weight excluding hydrogens is 839 g/mol. The summed E-state index contributed by atoms with van der Waals surface area (Å²) in [7, 11) is -3.95. The van der Waals surface area contributed by atoms with Crippen LogP contribution in [-0.2, 0) is 24.4 Å². The van der Waals surface area contributed by atoms with E-state index in [4.69, 9.17) is 23.9 Å². The first-order chi connectivity index (χ1) is 29.4. The topological polar surface area (TPSA) is 232 Å². The maximum absolute atomic E-state index is 14.9. The number of carboxylic acids is 1. The third-order valence-corrected chi connectivity index (χ3v) is 13.7. The second kappa shape index (κ2) is 16.0. The summed E-state index contributed by atoms with van der Waals surface area (Å²) in [5, 5.41) is 17.0. The molecule has 2 saturated carbocycles. The number of amides is 3. The first kappa shape index (κ1) is 42.6. The van der Waals surface area contributed by atoms with Crippen LogP contribution in [0.5, 0.6) is 11.6 Å². The minimum Gasteiger partial charge on any atom is -0.491 e. The summed E-state index contributed by atoms with van der Waals surface area (Å²) in [4.78, 5) is 70.0. The summed E-state index contributed by atoms with van der Waals surface area (Å²) in [6.07, 6.45) is 1.51. The van der Waals surface area contributed by atoms with Gasteiger partial charge in [-0.2, -0.15) is 4.98 Å².